The molecule has 0 bridgehead atoms. The molecule has 2 aliphatic heterocycles. The molecule has 0 saturated carbocycles. The second-order valence-corrected chi connectivity index (χ2v) is 8.75. The van der Waals surface area contributed by atoms with Crippen molar-refractivity contribution in [3.8, 4) is 22.2 Å². The highest BCUT2D eigenvalue weighted by Crippen LogP contribution is 2.38. The number of rotatable bonds is 4. The third-order valence-electron chi connectivity index (χ3n) is 5.28. The van der Waals surface area contributed by atoms with Crippen LogP contribution in [0, 0.1) is 0 Å². The number of piperazine rings is 1. The number of aromatic nitrogens is 2. The number of fused-ring (bicyclic) bond motifs is 1. The third kappa shape index (κ3) is 4.39. The molecule has 1 amide bonds. The van der Waals surface area contributed by atoms with E-state index in [-0.39, 0.29) is 5.91 Å². The fourth-order valence-electron chi connectivity index (χ4n) is 3.66. The van der Waals surface area contributed by atoms with Gasteiger partial charge in [0.05, 0.1) is 29.7 Å². The van der Waals surface area contributed by atoms with Gasteiger partial charge in [-0.25, -0.2) is 0 Å². The molecule has 10 heteroatoms. The van der Waals surface area contributed by atoms with Crippen molar-refractivity contribution < 1.29 is 18.8 Å². The maximum absolute atomic E-state index is 13.0. The third-order valence-corrected chi connectivity index (χ3v) is 6.42. The summed E-state index contributed by atoms with van der Waals surface area (Å²) in [6.07, 6.45) is 0.783. The first-order valence-corrected chi connectivity index (χ1v) is 11.4. The number of halogens is 1. The number of amides is 1. The lowest BCUT2D eigenvalue weighted by atomic mass is 10.1. The molecule has 5 rings (SSSR count). The number of carbonyl (C=O) groups is 1. The van der Waals surface area contributed by atoms with Crippen molar-refractivity contribution in [1.82, 2.24) is 19.9 Å². The standard InChI is InChI=1S/C21H21ClN4O4S/c22-15-11-14(12-16-19(15)29-9-2-8-28-16)21(27)26-6-4-25(5-7-26)13-18-23-20(24-30-18)17-3-1-10-31-17/h1,3,10-12H,2,4-9,13H2. The monoisotopic (exact) mass is 460 g/mol. The molecular weight excluding hydrogens is 440 g/mol. The first kappa shape index (κ1) is 20.3. The van der Waals surface area contributed by atoms with Gasteiger partial charge in [0, 0.05) is 38.2 Å². The second kappa shape index (κ2) is 8.86. The highest BCUT2D eigenvalue weighted by molar-refractivity contribution is 7.13. The maximum atomic E-state index is 13.0. The summed E-state index contributed by atoms with van der Waals surface area (Å²) in [7, 11) is 0. The summed E-state index contributed by atoms with van der Waals surface area (Å²) in [5.41, 5.74) is 0.514. The molecule has 1 saturated heterocycles. The van der Waals surface area contributed by atoms with Crippen molar-refractivity contribution in [2.75, 3.05) is 39.4 Å². The fraction of sp³-hybridized carbons (Fsp3) is 0.381. The number of ether oxygens (including phenoxy) is 2. The van der Waals surface area contributed by atoms with E-state index in [0.29, 0.717) is 66.6 Å². The minimum absolute atomic E-state index is 0.0602. The molecular formula is C21H21ClN4O4S. The number of carbonyl (C=O) groups excluding carboxylic acids is 1. The van der Waals surface area contributed by atoms with Crippen LogP contribution in [0.15, 0.2) is 34.2 Å². The van der Waals surface area contributed by atoms with Gasteiger partial charge in [0.15, 0.2) is 11.5 Å². The van der Waals surface area contributed by atoms with Crippen LogP contribution >= 0.6 is 22.9 Å². The Bertz CT molecular complexity index is 1060. The molecule has 162 valence electrons. The molecule has 0 spiro atoms. The molecule has 1 aromatic carbocycles. The van der Waals surface area contributed by atoms with Crippen LogP contribution in [0.1, 0.15) is 22.7 Å². The van der Waals surface area contributed by atoms with Crippen molar-refractivity contribution in [2.45, 2.75) is 13.0 Å². The molecule has 31 heavy (non-hydrogen) atoms. The van der Waals surface area contributed by atoms with Gasteiger partial charge in [-0.15, -0.1) is 11.3 Å². The summed E-state index contributed by atoms with van der Waals surface area (Å²) >= 11 is 7.93. The van der Waals surface area contributed by atoms with Gasteiger partial charge in [-0.3, -0.25) is 9.69 Å². The van der Waals surface area contributed by atoms with Crippen LogP contribution in [0.4, 0.5) is 0 Å². The van der Waals surface area contributed by atoms with Crippen LogP contribution in [-0.2, 0) is 6.54 Å². The minimum Gasteiger partial charge on any atom is -0.489 e. The van der Waals surface area contributed by atoms with Crippen LogP contribution < -0.4 is 9.47 Å². The Morgan fingerprint density at radius 2 is 2.00 bits per heavy atom. The van der Waals surface area contributed by atoms with Gasteiger partial charge in [-0.05, 0) is 23.6 Å². The Morgan fingerprint density at radius 1 is 1.16 bits per heavy atom. The zero-order chi connectivity index (χ0) is 21.2. The number of nitrogens with zero attached hydrogens (tertiary/aromatic N) is 4. The maximum Gasteiger partial charge on any atom is 0.254 e. The van der Waals surface area contributed by atoms with E-state index in [4.69, 9.17) is 25.6 Å². The van der Waals surface area contributed by atoms with Crippen molar-refractivity contribution in [3.05, 3.63) is 46.1 Å². The van der Waals surface area contributed by atoms with Crippen LogP contribution in [0.25, 0.3) is 10.7 Å². The first-order chi connectivity index (χ1) is 15.2. The van der Waals surface area contributed by atoms with Crippen molar-refractivity contribution >= 4 is 28.8 Å². The zero-order valence-electron chi connectivity index (χ0n) is 16.8. The molecule has 1 fully saturated rings. The number of hydrogen-bond acceptors (Lipinski definition) is 8. The van der Waals surface area contributed by atoms with Crippen LogP contribution in [-0.4, -0.2) is 65.2 Å². The predicted octanol–water partition coefficient (Wildman–Crippen LogP) is 3.57. The van der Waals surface area contributed by atoms with E-state index in [2.05, 4.69) is 15.0 Å². The average Bonchev–Trinajstić information content (AvgIpc) is 3.41. The summed E-state index contributed by atoms with van der Waals surface area (Å²) in [6.45, 7) is 4.33. The quantitative estimate of drug-likeness (QED) is 0.588. The first-order valence-electron chi connectivity index (χ1n) is 10.1. The van der Waals surface area contributed by atoms with E-state index in [1.165, 1.54) is 0 Å². The summed E-state index contributed by atoms with van der Waals surface area (Å²) in [6, 6.07) is 7.32. The molecule has 0 unspecified atom stereocenters. The molecule has 0 radical (unpaired) electrons. The van der Waals surface area contributed by atoms with E-state index < -0.39 is 0 Å². The van der Waals surface area contributed by atoms with Crippen molar-refractivity contribution in [1.29, 1.82) is 0 Å². The summed E-state index contributed by atoms with van der Waals surface area (Å²) < 4.78 is 16.8. The van der Waals surface area contributed by atoms with Gasteiger partial charge < -0.3 is 18.9 Å². The molecule has 0 aliphatic carbocycles. The largest absolute Gasteiger partial charge is 0.489 e. The molecule has 0 atom stereocenters. The van der Waals surface area contributed by atoms with Gasteiger partial charge in [-0.1, -0.05) is 22.8 Å². The number of benzene rings is 1. The van der Waals surface area contributed by atoms with Crippen LogP contribution in [0.2, 0.25) is 5.02 Å². The van der Waals surface area contributed by atoms with Gasteiger partial charge >= 0.3 is 0 Å². The normalized spacial score (nSPS) is 16.9. The van der Waals surface area contributed by atoms with Gasteiger partial charge in [-0.2, -0.15) is 4.98 Å². The van der Waals surface area contributed by atoms with E-state index in [1.807, 2.05) is 22.4 Å². The number of thiophene rings is 1. The van der Waals surface area contributed by atoms with Crippen LogP contribution in [0.3, 0.4) is 0 Å². The van der Waals surface area contributed by atoms with E-state index in [9.17, 15) is 4.79 Å². The second-order valence-electron chi connectivity index (χ2n) is 7.39. The molecule has 4 heterocycles. The Hall–Kier alpha value is -2.62. The van der Waals surface area contributed by atoms with E-state index in [0.717, 1.165) is 24.4 Å². The summed E-state index contributed by atoms with van der Waals surface area (Å²) in [5.74, 6) is 2.19. The topological polar surface area (TPSA) is 80.9 Å². The van der Waals surface area contributed by atoms with Gasteiger partial charge in [0.25, 0.3) is 5.91 Å². The minimum atomic E-state index is -0.0602. The zero-order valence-corrected chi connectivity index (χ0v) is 18.3. The average molecular weight is 461 g/mol. The van der Waals surface area contributed by atoms with Gasteiger partial charge in [0.2, 0.25) is 11.7 Å². The lowest BCUT2D eigenvalue weighted by molar-refractivity contribution is 0.0614. The SMILES string of the molecule is O=C(c1cc(Cl)c2c(c1)OCCCO2)N1CCN(Cc2nc(-c3cccs3)no2)CC1. The highest BCUT2D eigenvalue weighted by Gasteiger charge is 2.26. The van der Waals surface area contributed by atoms with E-state index in [1.54, 1.807) is 23.5 Å². The Morgan fingerprint density at radius 3 is 2.81 bits per heavy atom. The molecule has 2 aliphatic rings. The predicted molar refractivity (Wildman–Crippen MR) is 116 cm³/mol. The van der Waals surface area contributed by atoms with Crippen LogP contribution in [0.5, 0.6) is 11.5 Å². The molecule has 3 aromatic rings. The smallest absolute Gasteiger partial charge is 0.254 e. The molecule has 8 nitrogen and oxygen atoms in total. The lowest BCUT2D eigenvalue weighted by Crippen LogP contribution is -2.48. The van der Waals surface area contributed by atoms with Crippen molar-refractivity contribution in [2.24, 2.45) is 0 Å². The Kier molecular flexibility index (Phi) is 5.80. The van der Waals surface area contributed by atoms with Gasteiger partial charge in [0.1, 0.15) is 0 Å². The highest BCUT2D eigenvalue weighted by atomic mass is 35.5. The molecule has 0 N–H and O–H groups in total. The Balaban J connectivity index is 1.20. The van der Waals surface area contributed by atoms with E-state index >= 15 is 0 Å². The fourth-order valence-corrected chi connectivity index (χ4v) is 4.58. The lowest BCUT2D eigenvalue weighted by Gasteiger charge is -2.34. The summed E-state index contributed by atoms with van der Waals surface area (Å²) in [5, 5.41) is 6.44. The molecule has 2 aromatic heterocycles. The summed E-state index contributed by atoms with van der Waals surface area (Å²) in [4.78, 5) is 22.5. The van der Waals surface area contributed by atoms with Crippen molar-refractivity contribution in [3.63, 3.8) is 0 Å². The Labute approximate surface area is 188 Å². The number of hydrogen-bond donors (Lipinski definition) is 0.